The molecule has 1 nitrogen and oxygen atoms in total. The van der Waals surface area contributed by atoms with E-state index < -0.39 is 0 Å². The molecule has 0 bridgehead atoms. The molecule has 0 aliphatic heterocycles. The number of hydrogen-bond acceptors (Lipinski definition) is 0. The van der Waals surface area contributed by atoms with E-state index in [1.807, 2.05) is 42.5 Å². The van der Waals surface area contributed by atoms with Crippen LogP contribution >= 0.6 is 11.6 Å². The average Bonchev–Trinajstić information content (AvgIpc) is 2.72. The van der Waals surface area contributed by atoms with Crippen LogP contribution in [0.15, 0.2) is 48.5 Å². The number of aromatic nitrogens is 1. The Balaban J connectivity index is 2.14. The second kappa shape index (κ2) is 3.97. The van der Waals surface area contributed by atoms with Gasteiger partial charge in [0.05, 0.1) is 0 Å². The Morgan fingerprint density at radius 1 is 0.941 bits per heavy atom. The van der Waals surface area contributed by atoms with E-state index in [1.54, 1.807) is 0 Å². The zero-order valence-corrected chi connectivity index (χ0v) is 9.83. The van der Waals surface area contributed by atoms with Gasteiger partial charge in [-0.1, -0.05) is 41.3 Å². The summed E-state index contributed by atoms with van der Waals surface area (Å²) < 4.78 is 0. The molecule has 0 fully saturated rings. The van der Waals surface area contributed by atoms with E-state index >= 15 is 0 Å². The largest absolute Gasteiger partial charge is 0.355 e. The van der Waals surface area contributed by atoms with Gasteiger partial charge in [-0.15, -0.1) is 0 Å². The molecule has 0 atom stereocenters. The molecule has 1 heterocycles. The van der Waals surface area contributed by atoms with Gasteiger partial charge in [-0.3, -0.25) is 0 Å². The Morgan fingerprint density at radius 2 is 1.71 bits per heavy atom. The predicted molar refractivity (Wildman–Crippen MR) is 74.1 cm³/mol. The average molecular weight is 237 g/mol. The second-order valence-electron chi connectivity index (χ2n) is 4.04. The van der Waals surface area contributed by atoms with Gasteiger partial charge in [0.1, 0.15) is 7.85 Å². The van der Waals surface area contributed by atoms with Crippen molar-refractivity contribution in [3.63, 3.8) is 0 Å². The van der Waals surface area contributed by atoms with E-state index in [9.17, 15) is 0 Å². The first-order chi connectivity index (χ1) is 8.22. The van der Waals surface area contributed by atoms with E-state index in [1.165, 1.54) is 0 Å². The lowest BCUT2D eigenvalue weighted by molar-refractivity contribution is 1.45. The third-order valence-electron chi connectivity index (χ3n) is 2.80. The van der Waals surface area contributed by atoms with Crippen molar-refractivity contribution in [2.45, 2.75) is 0 Å². The molecule has 2 radical (unpaired) electrons. The smallest absolute Gasteiger partial charge is 0.113 e. The van der Waals surface area contributed by atoms with Gasteiger partial charge in [0.15, 0.2) is 0 Å². The molecule has 0 saturated carbocycles. The molecule has 2 aromatic carbocycles. The summed E-state index contributed by atoms with van der Waals surface area (Å²) in [5, 5.41) is 1.86. The first-order valence-corrected chi connectivity index (χ1v) is 5.74. The molecule has 1 aromatic heterocycles. The van der Waals surface area contributed by atoms with Crippen LogP contribution in [0.25, 0.3) is 22.2 Å². The van der Waals surface area contributed by atoms with E-state index in [0.29, 0.717) is 0 Å². The summed E-state index contributed by atoms with van der Waals surface area (Å²) in [4.78, 5) is 3.36. The van der Waals surface area contributed by atoms with E-state index in [0.717, 1.165) is 32.6 Å². The summed E-state index contributed by atoms with van der Waals surface area (Å²) in [6.07, 6.45) is 0. The van der Waals surface area contributed by atoms with Crippen LogP contribution in [-0.4, -0.2) is 12.8 Å². The van der Waals surface area contributed by atoms with Gasteiger partial charge in [0.2, 0.25) is 0 Å². The Hall–Kier alpha value is -1.67. The summed E-state index contributed by atoms with van der Waals surface area (Å²) >= 11 is 5.87. The van der Waals surface area contributed by atoms with Crippen LogP contribution in [-0.2, 0) is 0 Å². The molecule has 0 saturated heterocycles. The maximum atomic E-state index is 5.87. The number of nitrogens with one attached hydrogen (secondary N) is 1. The number of rotatable bonds is 1. The Kier molecular flexibility index (Phi) is 2.45. The minimum atomic E-state index is 0.745. The lowest BCUT2D eigenvalue weighted by Crippen LogP contribution is -1.98. The topological polar surface area (TPSA) is 15.8 Å². The molecular formula is C14H9BClN. The Labute approximate surface area is 106 Å². The lowest BCUT2D eigenvalue weighted by Gasteiger charge is -1.97. The molecule has 0 amide bonds. The van der Waals surface area contributed by atoms with Gasteiger partial charge in [-0.25, -0.2) is 0 Å². The van der Waals surface area contributed by atoms with E-state index in [4.69, 9.17) is 19.4 Å². The fraction of sp³-hybridized carbons (Fsp3) is 0. The van der Waals surface area contributed by atoms with Crippen LogP contribution in [0, 0.1) is 0 Å². The molecule has 3 rings (SSSR count). The van der Waals surface area contributed by atoms with Crippen molar-refractivity contribution >= 4 is 35.8 Å². The molecular weight excluding hydrogens is 228 g/mol. The monoisotopic (exact) mass is 237 g/mol. The third-order valence-corrected chi connectivity index (χ3v) is 3.05. The summed E-state index contributed by atoms with van der Waals surface area (Å²) in [5.74, 6) is 0. The van der Waals surface area contributed by atoms with Crippen LogP contribution in [0.4, 0.5) is 0 Å². The van der Waals surface area contributed by atoms with Gasteiger partial charge < -0.3 is 4.98 Å². The van der Waals surface area contributed by atoms with Crippen molar-refractivity contribution in [2.75, 3.05) is 0 Å². The highest BCUT2D eigenvalue weighted by molar-refractivity contribution is 6.33. The lowest BCUT2D eigenvalue weighted by atomic mass is 9.95. The van der Waals surface area contributed by atoms with Crippen LogP contribution < -0.4 is 5.46 Å². The fourth-order valence-corrected chi connectivity index (χ4v) is 2.06. The first-order valence-electron chi connectivity index (χ1n) is 5.36. The fourth-order valence-electron chi connectivity index (χ4n) is 1.94. The van der Waals surface area contributed by atoms with Crippen molar-refractivity contribution < 1.29 is 0 Å². The van der Waals surface area contributed by atoms with E-state index in [2.05, 4.69) is 11.1 Å². The normalized spacial score (nSPS) is 10.9. The van der Waals surface area contributed by atoms with Gasteiger partial charge in [0.25, 0.3) is 0 Å². The summed E-state index contributed by atoms with van der Waals surface area (Å²) in [6.45, 7) is 0. The predicted octanol–water partition coefficient (Wildman–Crippen LogP) is 3.28. The number of fused-ring (bicyclic) bond motifs is 1. The maximum Gasteiger partial charge on any atom is 0.113 e. The molecule has 80 valence electrons. The molecule has 0 unspecified atom stereocenters. The zero-order chi connectivity index (χ0) is 11.8. The van der Waals surface area contributed by atoms with Crippen LogP contribution in [0.2, 0.25) is 5.02 Å². The Bertz CT molecular complexity index is 670. The standard InChI is InChI=1S/C14H9BClN/c15-11-3-6-13-10(7-11)8-14(17-13)9-1-4-12(16)5-2-9/h1-8,17H. The highest BCUT2D eigenvalue weighted by atomic mass is 35.5. The van der Waals surface area contributed by atoms with E-state index in [-0.39, 0.29) is 0 Å². The minimum Gasteiger partial charge on any atom is -0.355 e. The van der Waals surface area contributed by atoms with Gasteiger partial charge in [0, 0.05) is 16.2 Å². The van der Waals surface area contributed by atoms with Crippen LogP contribution in [0.1, 0.15) is 0 Å². The van der Waals surface area contributed by atoms with Gasteiger partial charge in [-0.2, -0.15) is 0 Å². The summed E-state index contributed by atoms with van der Waals surface area (Å²) in [5.41, 5.74) is 4.05. The number of hydrogen-bond donors (Lipinski definition) is 1. The molecule has 0 spiro atoms. The number of H-pyrrole nitrogens is 1. The van der Waals surface area contributed by atoms with Gasteiger partial charge in [-0.05, 0) is 35.2 Å². The highest BCUT2D eigenvalue weighted by Crippen LogP contribution is 2.24. The van der Waals surface area contributed by atoms with Crippen LogP contribution in [0.3, 0.4) is 0 Å². The summed E-state index contributed by atoms with van der Waals surface area (Å²) in [7, 11) is 5.76. The SMILES string of the molecule is [B]c1ccc2[nH]c(-c3ccc(Cl)cc3)cc2c1. The molecule has 3 heteroatoms. The Morgan fingerprint density at radius 3 is 2.47 bits per heavy atom. The van der Waals surface area contributed by atoms with Crippen molar-refractivity contribution in [1.82, 2.24) is 4.98 Å². The first kappa shape index (κ1) is 10.5. The molecule has 17 heavy (non-hydrogen) atoms. The van der Waals surface area contributed by atoms with Crippen molar-refractivity contribution in [3.05, 3.63) is 53.6 Å². The van der Waals surface area contributed by atoms with Crippen molar-refractivity contribution in [2.24, 2.45) is 0 Å². The molecule has 0 aliphatic rings. The zero-order valence-electron chi connectivity index (χ0n) is 9.07. The van der Waals surface area contributed by atoms with Crippen molar-refractivity contribution in [3.8, 4) is 11.3 Å². The quantitative estimate of drug-likeness (QED) is 0.625. The number of halogens is 1. The number of benzene rings is 2. The molecule has 1 N–H and O–H groups in total. The third kappa shape index (κ3) is 1.96. The van der Waals surface area contributed by atoms with Crippen LogP contribution in [0.5, 0.6) is 0 Å². The summed E-state index contributed by atoms with van der Waals surface area (Å²) in [6, 6.07) is 15.7. The second-order valence-corrected chi connectivity index (χ2v) is 4.47. The minimum absolute atomic E-state index is 0.745. The van der Waals surface area contributed by atoms with Gasteiger partial charge >= 0.3 is 0 Å². The number of aromatic amines is 1. The molecule has 3 aromatic rings. The maximum absolute atomic E-state index is 5.87. The highest BCUT2D eigenvalue weighted by Gasteiger charge is 2.03. The molecule has 0 aliphatic carbocycles. The van der Waals surface area contributed by atoms with Crippen molar-refractivity contribution in [1.29, 1.82) is 0 Å².